The largest absolute Gasteiger partial charge is 0.378 e. The number of rotatable bonds is 6. The van der Waals surface area contributed by atoms with E-state index in [9.17, 15) is 13.2 Å². The van der Waals surface area contributed by atoms with Crippen LogP contribution < -0.4 is 15.4 Å². The number of morpholine rings is 1. The SMILES string of the molecule is CC(Sc1nnc(N2CCOCC2)s1)C(=O)Nc1cccc(S(N)(=O)=O)c1. The summed E-state index contributed by atoms with van der Waals surface area (Å²) in [4.78, 5) is 14.5. The van der Waals surface area contributed by atoms with Gasteiger partial charge >= 0.3 is 0 Å². The minimum atomic E-state index is -3.82. The molecule has 1 amide bonds. The molecule has 3 rings (SSSR count). The summed E-state index contributed by atoms with van der Waals surface area (Å²) in [6.07, 6.45) is 0. The molecule has 0 bridgehead atoms. The maximum Gasteiger partial charge on any atom is 0.238 e. The van der Waals surface area contributed by atoms with Gasteiger partial charge in [-0.15, -0.1) is 10.2 Å². The lowest BCUT2D eigenvalue weighted by Crippen LogP contribution is -2.36. The van der Waals surface area contributed by atoms with E-state index in [1.807, 2.05) is 0 Å². The molecule has 0 radical (unpaired) electrons. The molecule has 2 aromatic rings. The van der Waals surface area contributed by atoms with Crippen LogP contribution in [0.3, 0.4) is 0 Å². The number of carbonyl (C=O) groups excluding carboxylic acids is 1. The summed E-state index contributed by atoms with van der Waals surface area (Å²) in [5, 5.41) is 16.5. The van der Waals surface area contributed by atoms with Gasteiger partial charge in [0.15, 0.2) is 4.34 Å². The highest BCUT2D eigenvalue weighted by molar-refractivity contribution is 8.02. The maximum atomic E-state index is 12.4. The van der Waals surface area contributed by atoms with Crippen molar-refractivity contribution in [3.63, 3.8) is 0 Å². The Kier molecular flexibility index (Phi) is 6.32. The molecule has 1 aromatic heterocycles. The number of carbonyl (C=O) groups is 1. The molecule has 1 atom stereocenters. The third-order valence-electron chi connectivity index (χ3n) is 3.75. The first-order valence-electron chi connectivity index (χ1n) is 8.09. The Bertz CT molecular complexity index is 912. The highest BCUT2D eigenvalue weighted by atomic mass is 32.2. The fraction of sp³-hybridized carbons (Fsp3) is 0.400. The van der Waals surface area contributed by atoms with Gasteiger partial charge in [-0.05, 0) is 25.1 Å². The van der Waals surface area contributed by atoms with Crippen molar-refractivity contribution in [2.24, 2.45) is 5.14 Å². The molecule has 1 aromatic carbocycles. The number of sulfonamides is 1. The zero-order valence-corrected chi connectivity index (χ0v) is 16.9. The van der Waals surface area contributed by atoms with Crippen LogP contribution in [0.5, 0.6) is 0 Å². The van der Waals surface area contributed by atoms with Gasteiger partial charge < -0.3 is 15.0 Å². The standard InChI is InChI=1S/C15H19N5O4S3/c1-10(13(21)17-11-3-2-4-12(9-11)27(16,22)23)25-15-19-18-14(26-15)20-5-7-24-8-6-20/h2-4,9-10H,5-8H2,1H3,(H,17,21)(H2,16,22,23). The Morgan fingerprint density at radius 2 is 2.11 bits per heavy atom. The number of ether oxygens (including phenoxy) is 1. The van der Waals surface area contributed by atoms with Crippen LogP contribution in [-0.4, -0.2) is 56.1 Å². The second-order valence-electron chi connectivity index (χ2n) is 5.77. The van der Waals surface area contributed by atoms with E-state index in [2.05, 4.69) is 20.4 Å². The van der Waals surface area contributed by atoms with E-state index in [-0.39, 0.29) is 10.8 Å². The van der Waals surface area contributed by atoms with Crippen LogP contribution >= 0.6 is 23.1 Å². The number of amides is 1. The molecule has 0 aliphatic carbocycles. The fourth-order valence-electron chi connectivity index (χ4n) is 2.33. The van der Waals surface area contributed by atoms with Crippen molar-refractivity contribution in [1.82, 2.24) is 10.2 Å². The summed E-state index contributed by atoms with van der Waals surface area (Å²) in [7, 11) is -3.82. The van der Waals surface area contributed by atoms with E-state index >= 15 is 0 Å². The number of hydrogen-bond acceptors (Lipinski definition) is 9. The van der Waals surface area contributed by atoms with Crippen molar-refractivity contribution in [2.45, 2.75) is 21.4 Å². The normalized spacial score (nSPS) is 16.1. The van der Waals surface area contributed by atoms with Gasteiger partial charge in [-0.2, -0.15) is 0 Å². The first-order chi connectivity index (χ1) is 12.8. The smallest absolute Gasteiger partial charge is 0.238 e. The molecule has 2 heterocycles. The molecule has 3 N–H and O–H groups in total. The molecule has 1 aliphatic heterocycles. The van der Waals surface area contributed by atoms with Crippen molar-refractivity contribution in [3.05, 3.63) is 24.3 Å². The zero-order valence-electron chi connectivity index (χ0n) is 14.5. The van der Waals surface area contributed by atoms with Gasteiger partial charge in [-0.1, -0.05) is 29.2 Å². The van der Waals surface area contributed by atoms with Crippen LogP contribution in [0, 0.1) is 0 Å². The molecule has 0 spiro atoms. The van der Waals surface area contributed by atoms with E-state index in [1.165, 1.54) is 41.3 Å². The van der Waals surface area contributed by atoms with Gasteiger partial charge in [-0.3, -0.25) is 4.79 Å². The number of hydrogen-bond donors (Lipinski definition) is 2. The summed E-state index contributed by atoms with van der Waals surface area (Å²) in [5.74, 6) is -0.269. The topological polar surface area (TPSA) is 128 Å². The Labute approximate surface area is 165 Å². The van der Waals surface area contributed by atoms with Crippen LogP contribution in [0.4, 0.5) is 10.8 Å². The third kappa shape index (κ3) is 5.39. The number of nitrogens with two attached hydrogens (primary N) is 1. The first-order valence-corrected chi connectivity index (χ1v) is 11.3. The lowest BCUT2D eigenvalue weighted by atomic mass is 10.3. The number of anilines is 2. The van der Waals surface area contributed by atoms with E-state index in [1.54, 1.807) is 13.0 Å². The van der Waals surface area contributed by atoms with Crippen LogP contribution in [0.1, 0.15) is 6.92 Å². The molecule has 1 aliphatic rings. The molecule has 9 nitrogen and oxygen atoms in total. The second kappa shape index (κ2) is 8.52. The number of benzene rings is 1. The Hall–Kier alpha value is -1.73. The molecular formula is C15H19N5O4S3. The summed E-state index contributed by atoms with van der Waals surface area (Å²) in [5.41, 5.74) is 0.366. The van der Waals surface area contributed by atoms with Gasteiger partial charge in [0.1, 0.15) is 0 Å². The van der Waals surface area contributed by atoms with E-state index < -0.39 is 15.3 Å². The van der Waals surface area contributed by atoms with E-state index in [0.29, 0.717) is 23.2 Å². The molecule has 1 fully saturated rings. The van der Waals surface area contributed by atoms with Gasteiger partial charge in [0, 0.05) is 18.8 Å². The average Bonchev–Trinajstić information content (AvgIpc) is 3.10. The van der Waals surface area contributed by atoms with Crippen LogP contribution in [0.25, 0.3) is 0 Å². The lowest BCUT2D eigenvalue weighted by molar-refractivity contribution is -0.115. The zero-order chi connectivity index (χ0) is 19.4. The number of primary sulfonamides is 1. The molecular weight excluding hydrogens is 410 g/mol. The van der Waals surface area contributed by atoms with Gasteiger partial charge in [-0.25, -0.2) is 13.6 Å². The minimum absolute atomic E-state index is 0.0557. The van der Waals surface area contributed by atoms with Crippen molar-refractivity contribution in [1.29, 1.82) is 0 Å². The Balaban J connectivity index is 1.60. The summed E-state index contributed by atoms with van der Waals surface area (Å²) in [6, 6.07) is 5.82. The minimum Gasteiger partial charge on any atom is -0.378 e. The monoisotopic (exact) mass is 429 g/mol. The van der Waals surface area contributed by atoms with Gasteiger partial charge in [0.05, 0.1) is 23.4 Å². The second-order valence-corrected chi connectivity index (χ2v) is 9.88. The highest BCUT2D eigenvalue weighted by Gasteiger charge is 2.20. The number of nitrogens with zero attached hydrogens (tertiary/aromatic N) is 3. The fourth-order valence-corrected chi connectivity index (χ4v) is 4.93. The van der Waals surface area contributed by atoms with Gasteiger partial charge in [0.2, 0.25) is 21.1 Å². The van der Waals surface area contributed by atoms with Crippen LogP contribution in [0.15, 0.2) is 33.5 Å². The Morgan fingerprint density at radius 1 is 1.37 bits per heavy atom. The maximum absolute atomic E-state index is 12.4. The lowest BCUT2D eigenvalue weighted by Gasteiger charge is -2.25. The third-order valence-corrected chi connectivity index (χ3v) is 6.83. The predicted molar refractivity (Wildman–Crippen MR) is 105 cm³/mol. The summed E-state index contributed by atoms with van der Waals surface area (Å²) >= 11 is 2.73. The van der Waals surface area contributed by atoms with Crippen LogP contribution in [0.2, 0.25) is 0 Å². The molecule has 12 heteroatoms. The van der Waals surface area contributed by atoms with Crippen molar-refractivity contribution < 1.29 is 17.9 Å². The van der Waals surface area contributed by atoms with Gasteiger partial charge in [0.25, 0.3) is 0 Å². The van der Waals surface area contributed by atoms with E-state index in [4.69, 9.17) is 9.88 Å². The quantitative estimate of drug-likeness (QED) is 0.655. The number of thioether (sulfide) groups is 1. The van der Waals surface area contributed by atoms with E-state index in [0.717, 1.165) is 18.2 Å². The van der Waals surface area contributed by atoms with Crippen molar-refractivity contribution >= 4 is 49.8 Å². The molecule has 1 unspecified atom stereocenters. The summed E-state index contributed by atoms with van der Waals surface area (Å²) < 4.78 is 28.8. The molecule has 146 valence electrons. The summed E-state index contributed by atoms with van der Waals surface area (Å²) in [6.45, 7) is 4.63. The highest BCUT2D eigenvalue weighted by Crippen LogP contribution is 2.31. The Morgan fingerprint density at radius 3 is 2.81 bits per heavy atom. The van der Waals surface area contributed by atoms with Crippen molar-refractivity contribution in [2.75, 3.05) is 36.5 Å². The number of nitrogens with one attached hydrogen (secondary N) is 1. The van der Waals surface area contributed by atoms with Crippen molar-refractivity contribution in [3.8, 4) is 0 Å². The molecule has 27 heavy (non-hydrogen) atoms. The number of aromatic nitrogens is 2. The average molecular weight is 430 g/mol. The molecule has 1 saturated heterocycles. The van der Waals surface area contributed by atoms with Crippen LogP contribution in [-0.2, 0) is 19.6 Å². The first kappa shape index (κ1) is 20.0. The predicted octanol–water partition coefficient (Wildman–Crippen LogP) is 1.14. The molecule has 0 saturated carbocycles.